The number of carbonyl (C=O) groups is 2. The molecule has 0 unspecified atom stereocenters. The van der Waals surface area contributed by atoms with Crippen molar-refractivity contribution in [2.75, 3.05) is 0 Å². The highest BCUT2D eigenvalue weighted by Crippen LogP contribution is 2.59. The van der Waals surface area contributed by atoms with Crippen molar-refractivity contribution in [2.45, 2.75) is 129 Å². The summed E-state index contributed by atoms with van der Waals surface area (Å²) in [5.41, 5.74) is -1.01. The minimum absolute atomic E-state index is 0.00359. The second-order valence-corrected chi connectivity index (χ2v) is 13.3. The van der Waals surface area contributed by atoms with Crippen LogP contribution in [0.3, 0.4) is 0 Å². The van der Waals surface area contributed by atoms with E-state index in [9.17, 15) is 9.59 Å². The Morgan fingerprint density at radius 2 is 1.14 bits per heavy atom. The lowest BCUT2D eigenvalue weighted by Crippen LogP contribution is -2.32. The standard InChI is InChI=1S/C32H50O5/c1-21(2)27-11-9-25(19-23(27)5)35-29(33)13-17-31-15-7-8-16-32(31,37-31)18-14-30(34)36-26-10-12-28(22(3)4)24(6)20-26/h13-14,17-18,21-28H,7-12,15-16,19-20H2,1-6H3/b17-13+,18-14+/t23-,24-,25-,26-,27+,28+,31-,32+/m1/s1. The van der Waals surface area contributed by atoms with Gasteiger partial charge in [0.15, 0.2) is 0 Å². The third-order valence-electron chi connectivity index (χ3n) is 10.0. The van der Waals surface area contributed by atoms with Crippen molar-refractivity contribution in [1.29, 1.82) is 0 Å². The molecule has 3 aliphatic carbocycles. The number of ether oxygens (including phenoxy) is 3. The first-order valence-corrected chi connectivity index (χ1v) is 15.0. The molecule has 8 atom stereocenters. The van der Waals surface area contributed by atoms with Crippen molar-refractivity contribution in [3.63, 3.8) is 0 Å². The Morgan fingerprint density at radius 1 is 0.730 bits per heavy atom. The molecule has 1 saturated heterocycles. The summed E-state index contributed by atoms with van der Waals surface area (Å²) >= 11 is 0. The quantitative estimate of drug-likeness (QED) is 0.195. The van der Waals surface area contributed by atoms with Gasteiger partial charge in [0.05, 0.1) is 0 Å². The minimum Gasteiger partial charge on any atom is -0.459 e. The Bertz CT molecular complexity index is 804. The molecule has 5 heteroatoms. The fourth-order valence-corrected chi connectivity index (χ4v) is 7.86. The van der Waals surface area contributed by atoms with E-state index in [1.54, 1.807) is 12.2 Å². The van der Waals surface area contributed by atoms with E-state index in [2.05, 4.69) is 41.5 Å². The van der Waals surface area contributed by atoms with Gasteiger partial charge in [-0.2, -0.15) is 0 Å². The zero-order chi connectivity index (χ0) is 26.8. The van der Waals surface area contributed by atoms with Gasteiger partial charge in [-0.25, -0.2) is 9.59 Å². The van der Waals surface area contributed by atoms with E-state index in [1.165, 1.54) is 0 Å². The van der Waals surface area contributed by atoms with Crippen LogP contribution in [0.25, 0.3) is 0 Å². The van der Waals surface area contributed by atoms with E-state index in [4.69, 9.17) is 14.2 Å². The molecule has 0 aromatic carbocycles. The first-order valence-electron chi connectivity index (χ1n) is 15.0. The summed E-state index contributed by atoms with van der Waals surface area (Å²) < 4.78 is 17.9. The van der Waals surface area contributed by atoms with Crippen molar-refractivity contribution in [3.8, 4) is 0 Å². The molecule has 0 amide bonds. The molecule has 4 rings (SSSR count). The van der Waals surface area contributed by atoms with Crippen LogP contribution in [-0.4, -0.2) is 35.3 Å². The van der Waals surface area contributed by atoms with E-state index >= 15 is 0 Å². The van der Waals surface area contributed by atoms with Crippen LogP contribution < -0.4 is 0 Å². The molecular weight excluding hydrogens is 464 g/mol. The van der Waals surface area contributed by atoms with Crippen molar-refractivity contribution >= 4 is 11.9 Å². The van der Waals surface area contributed by atoms with Gasteiger partial charge in [0.25, 0.3) is 0 Å². The van der Waals surface area contributed by atoms with E-state index in [1.807, 2.05) is 12.2 Å². The molecule has 0 N–H and O–H groups in total. The fraction of sp³-hybridized carbons (Fsp3) is 0.812. The van der Waals surface area contributed by atoms with Gasteiger partial charge in [-0.1, -0.05) is 41.5 Å². The number of esters is 2. The molecule has 0 aromatic rings. The van der Waals surface area contributed by atoms with Gasteiger partial charge in [-0.05, 0) is 112 Å². The van der Waals surface area contributed by atoms with E-state index in [0.717, 1.165) is 64.2 Å². The molecule has 4 aliphatic rings. The SMILES string of the molecule is CC(C)[C@@H]1CC[C@@H](OC(=O)/C=C/[C@@]23CCCC[C@]2(/C=C/C(=O)O[C@@H]2CC[C@@H](C(C)C)[C@H](C)C2)O3)C[C@H]1C. The van der Waals surface area contributed by atoms with Crippen LogP contribution in [0.15, 0.2) is 24.3 Å². The zero-order valence-electron chi connectivity index (χ0n) is 24.0. The molecule has 0 spiro atoms. The predicted molar refractivity (Wildman–Crippen MR) is 146 cm³/mol. The topological polar surface area (TPSA) is 65.1 Å². The average Bonchev–Trinajstić information content (AvgIpc) is 3.51. The van der Waals surface area contributed by atoms with Gasteiger partial charge < -0.3 is 14.2 Å². The Morgan fingerprint density at radius 3 is 1.49 bits per heavy atom. The lowest BCUT2D eigenvalue weighted by molar-refractivity contribution is -0.147. The van der Waals surface area contributed by atoms with Crippen LogP contribution in [0, 0.1) is 35.5 Å². The minimum atomic E-state index is -0.506. The zero-order valence-corrected chi connectivity index (χ0v) is 24.0. The smallest absolute Gasteiger partial charge is 0.330 e. The molecular formula is C32H50O5. The maximum Gasteiger partial charge on any atom is 0.330 e. The molecule has 4 fully saturated rings. The maximum atomic E-state index is 12.7. The van der Waals surface area contributed by atoms with Gasteiger partial charge in [-0.15, -0.1) is 0 Å². The van der Waals surface area contributed by atoms with Crippen LogP contribution in [0.4, 0.5) is 0 Å². The van der Waals surface area contributed by atoms with Gasteiger partial charge in [-0.3, -0.25) is 0 Å². The summed E-state index contributed by atoms with van der Waals surface area (Å²) in [6, 6.07) is 0. The molecule has 0 aromatic heterocycles. The van der Waals surface area contributed by atoms with Gasteiger partial charge >= 0.3 is 11.9 Å². The second kappa shape index (κ2) is 11.6. The van der Waals surface area contributed by atoms with E-state index in [-0.39, 0.29) is 24.1 Å². The van der Waals surface area contributed by atoms with Crippen LogP contribution in [0.1, 0.15) is 106 Å². The molecule has 5 nitrogen and oxygen atoms in total. The van der Waals surface area contributed by atoms with Gasteiger partial charge in [0.1, 0.15) is 23.4 Å². The summed E-state index contributed by atoms with van der Waals surface area (Å²) in [4.78, 5) is 25.3. The van der Waals surface area contributed by atoms with Crippen molar-refractivity contribution < 1.29 is 23.8 Å². The molecule has 1 aliphatic heterocycles. The van der Waals surface area contributed by atoms with E-state index < -0.39 is 11.2 Å². The van der Waals surface area contributed by atoms with Crippen LogP contribution >= 0.6 is 0 Å². The summed E-state index contributed by atoms with van der Waals surface area (Å²) in [5, 5.41) is 0. The molecule has 0 bridgehead atoms. The number of hydrogen-bond donors (Lipinski definition) is 0. The summed E-state index contributed by atoms with van der Waals surface area (Å²) in [7, 11) is 0. The molecule has 37 heavy (non-hydrogen) atoms. The first kappa shape index (κ1) is 28.4. The highest BCUT2D eigenvalue weighted by molar-refractivity contribution is 5.83. The highest BCUT2D eigenvalue weighted by atomic mass is 16.6. The third-order valence-corrected chi connectivity index (χ3v) is 10.0. The third kappa shape index (κ3) is 6.52. The predicted octanol–water partition coefficient (Wildman–Crippen LogP) is 7.19. The number of rotatable bonds is 8. The summed E-state index contributed by atoms with van der Waals surface area (Å²) in [5.74, 6) is 3.36. The first-order chi connectivity index (χ1) is 17.5. The van der Waals surface area contributed by atoms with Crippen molar-refractivity contribution in [2.24, 2.45) is 35.5 Å². The van der Waals surface area contributed by atoms with Gasteiger partial charge in [0.2, 0.25) is 0 Å². The number of epoxide rings is 1. The highest BCUT2D eigenvalue weighted by Gasteiger charge is 2.67. The Labute approximate surface area is 224 Å². The second-order valence-electron chi connectivity index (χ2n) is 13.3. The summed E-state index contributed by atoms with van der Waals surface area (Å²) in [6.07, 6.45) is 16.7. The van der Waals surface area contributed by atoms with Crippen molar-refractivity contribution in [1.82, 2.24) is 0 Å². The number of hydrogen-bond acceptors (Lipinski definition) is 5. The molecule has 1 heterocycles. The lowest BCUT2D eigenvalue weighted by Gasteiger charge is -2.36. The largest absolute Gasteiger partial charge is 0.459 e. The average molecular weight is 515 g/mol. The number of carbonyl (C=O) groups excluding carboxylic acids is 2. The van der Waals surface area contributed by atoms with Gasteiger partial charge in [0, 0.05) is 12.2 Å². The molecule has 0 radical (unpaired) electrons. The molecule has 208 valence electrons. The van der Waals surface area contributed by atoms with Crippen LogP contribution in [-0.2, 0) is 23.8 Å². The molecule has 3 saturated carbocycles. The normalized spacial score (nSPS) is 40.2. The lowest BCUT2D eigenvalue weighted by atomic mass is 9.73. The van der Waals surface area contributed by atoms with Crippen molar-refractivity contribution in [3.05, 3.63) is 24.3 Å². The van der Waals surface area contributed by atoms with Crippen LogP contribution in [0.2, 0.25) is 0 Å². The maximum absolute atomic E-state index is 12.7. The van der Waals surface area contributed by atoms with Crippen LogP contribution in [0.5, 0.6) is 0 Å². The Hall–Kier alpha value is -1.62. The number of fused-ring (bicyclic) bond motifs is 1. The summed E-state index contributed by atoms with van der Waals surface area (Å²) in [6.45, 7) is 13.7. The Kier molecular flexibility index (Phi) is 8.93. The monoisotopic (exact) mass is 514 g/mol. The Balaban J connectivity index is 1.29. The van der Waals surface area contributed by atoms with E-state index in [0.29, 0.717) is 35.5 Å². The fourth-order valence-electron chi connectivity index (χ4n) is 7.86.